The van der Waals surface area contributed by atoms with Gasteiger partial charge in [0.25, 0.3) is 0 Å². The first-order valence-corrected chi connectivity index (χ1v) is 14.9. The van der Waals surface area contributed by atoms with Crippen molar-refractivity contribution in [2.24, 2.45) is 0 Å². The lowest BCUT2D eigenvalue weighted by atomic mass is 10.1. The summed E-state index contributed by atoms with van der Waals surface area (Å²) < 4.78 is 12.8. The molecule has 0 atom stereocenters. The average Bonchev–Trinajstić information content (AvgIpc) is 3.49. The molecule has 0 aliphatic heterocycles. The standard InChI is InChI=1S/C36H42O2/c1-3-5-7-9-11-13-15-17-27-19-21-29-31-23-24-32-30-22-20-28(18-16-14-12-10-8-6-4-2)26-34(30)38-36(32)35(31)37-33(29)25-27/h15-26H,3-14H2,1-2H3/b17-15+,18-16+. The number of furan rings is 2. The highest BCUT2D eigenvalue weighted by Crippen LogP contribution is 2.39. The van der Waals surface area contributed by atoms with E-state index in [1.807, 2.05) is 0 Å². The van der Waals surface area contributed by atoms with Crippen molar-refractivity contribution in [3.05, 3.63) is 71.8 Å². The van der Waals surface area contributed by atoms with Gasteiger partial charge in [0.15, 0.2) is 11.2 Å². The summed E-state index contributed by atoms with van der Waals surface area (Å²) in [5.74, 6) is 0. The molecule has 0 fully saturated rings. The van der Waals surface area contributed by atoms with Crippen molar-refractivity contribution in [1.29, 1.82) is 0 Å². The quantitative estimate of drug-likeness (QED) is 0.140. The van der Waals surface area contributed by atoms with Crippen LogP contribution in [0, 0.1) is 0 Å². The van der Waals surface area contributed by atoms with Gasteiger partial charge >= 0.3 is 0 Å². The molecule has 198 valence electrons. The number of benzene rings is 3. The van der Waals surface area contributed by atoms with E-state index in [2.05, 4.69) is 86.7 Å². The number of allylic oxidation sites excluding steroid dienone is 2. The van der Waals surface area contributed by atoms with Gasteiger partial charge in [0.1, 0.15) is 11.2 Å². The van der Waals surface area contributed by atoms with Gasteiger partial charge in [0, 0.05) is 21.5 Å². The van der Waals surface area contributed by atoms with Gasteiger partial charge in [0.2, 0.25) is 0 Å². The fourth-order valence-electron chi connectivity index (χ4n) is 5.48. The normalized spacial score (nSPS) is 12.5. The second kappa shape index (κ2) is 13.0. The topological polar surface area (TPSA) is 26.3 Å². The monoisotopic (exact) mass is 506 g/mol. The SMILES string of the molecule is CCCCCCC/C=C/c1ccc2c(c1)oc1c2ccc2c3ccc(/C=C/CCCCCCC)cc3oc21. The smallest absolute Gasteiger partial charge is 0.178 e. The molecule has 0 N–H and O–H groups in total. The summed E-state index contributed by atoms with van der Waals surface area (Å²) in [6.45, 7) is 4.53. The maximum absolute atomic E-state index is 6.42. The highest BCUT2D eigenvalue weighted by molar-refractivity contribution is 6.19. The maximum atomic E-state index is 6.42. The van der Waals surface area contributed by atoms with Crippen LogP contribution in [0.2, 0.25) is 0 Å². The van der Waals surface area contributed by atoms with Crippen molar-refractivity contribution >= 4 is 56.0 Å². The Balaban J connectivity index is 1.34. The number of fused-ring (bicyclic) bond motifs is 7. The summed E-state index contributed by atoms with van der Waals surface area (Å²) in [6.07, 6.45) is 24.5. The second-order valence-electron chi connectivity index (χ2n) is 10.7. The molecular weight excluding hydrogens is 464 g/mol. The largest absolute Gasteiger partial charge is 0.452 e. The minimum atomic E-state index is 0.843. The Kier molecular flexibility index (Phi) is 9.02. The fourth-order valence-corrected chi connectivity index (χ4v) is 5.48. The molecule has 0 amide bonds. The van der Waals surface area contributed by atoms with Crippen LogP contribution >= 0.6 is 0 Å². The fraction of sp³-hybridized carbons (Fsp3) is 0.389. The van der Waals surface area contributed by atoms with Gasteiger partial charge in [-0.1, -0.05) is 102 Å². The molecule has 38 heavy (non-hydrogen) atoms. The molecule has 0 radical (unpaired) electrons. The number of hydrogen-bond acceptors (Lipinski definition) is 2. The first-order chi connectivity index (χ1) is 18.8. The van der Waals surface area contributed by atoms with Crippen LogP contribution in [0.25, 0.3) is 56.0 Å². The molecule has 3 aromatic carbocycles. The molecule has 0 unspecified atom stereocenters. The number of hydrogen-bond donors (Lipinski definition) is 0. The zero-order chi connectivity index (χ0) is 26.2. The van der Waals surface area contributed by atoms with E-state index in [9.17, 15) is 0 Å². The van der Waals surface area contributed by atoms with Gasteiger partial charge in [-0.05, 0) is 73.2 Å². The summed E-state index contributed by atoms with van der Waals surface area (Å²) in [4.78, 5) is 0. The van der Waals surface area contributed by atoms with Gasteiger partial charge in [0.05, 0.1) is 0 Å². The van der Waals surface area contributed by atoms with E-state index in [1.54, 1.807) is 0 Å². The molecule has 2 aromatic heterocycles. The Labute approximate surface area is 227 Å². The van der Waals surface area contributed by atoms with Gasteiger partial charge in [-0.25, -0.2) is 0 Å². The lowest BCUT2D eigenvalue weighted by molar-refractivity contribution is 0.633. The third kappa shape index (κ3) is 6.07. The Morgan fingerprint density at radius 1 is 0.500 bits per heavy atom. The lowest BCUT2D eigenvalue weighted by Gasteiger charge is -1.97. The molecule has 0 saturated heterocycles. The predicted octanol–water partition coefficient (Wildman–Crippen LogP) is 12.2. The molecule has 5 rings (SSSR count). The van der Waals surface area contributed by atoms with Crippen molar-refractivity contribution in [3.8, 4) is 0 Å². The predicted molar refractivity (Wildman–Crippen MR) is 166 cm³/mol. The van der Waals surface area contributed by atoms with Crippen molar-refractivity contribution < 1.29 is 8.83 Å². The van der Waals surface area contributed by atoms with Gasteiger partial charge < -0.3 is 8.83 Å². The van der Waals surface area contributed by atoms with Crippen LogP contribution in [0.3, 0.4) is 0 Å². The van der Waals surface area contributed by atoms with Crippen LogP contribution in [0.5, 0.6) is 0 Å². The first-order valence-electron chi connectivity index (χ1n) is 14.9. The minimum absolute atomic E-state index is 0.843. The summed E-state index contributed by atoms with van der Waals surface area (Å²) in [7, 11) is 0. The zero-order valence-electron chi connectivity index (χ0n) is 23.2. The van der Waals surface area contributed by atoms with Gasteiger partial charge in [-0.15, -0.1) is 0 Å². The first kappa shape index (κ1) is 26.4. The molecule has 0 saturated carbocycles. The molecule has 5 aromatic rings. The van der Waals surface area contributed by atoms with Crippen molar-refractivity contribution in [2.45, 2.75) is 90.9 Å². The molecule has 0 spiro atoms. The average molecular weight is 507 g/mol. The Morgan fingerprint density at radius 3 is 1.37 bits per heavy atom. The maximum Gasteiger partial charge on any atom is 0.178 e. The van der Waals surface area contributed by atoms with Crippen LogP contribution in [0.4, 0.5) is 0 Å². The molecule has 0 aliphatic carbocycles. The molecule has 0 bridgehead atoms. The minimum Gasteiger partial charge on any atom is -0.452 e. The zero-order valence-corrected chi connectivity index (χ0v) is 23.2. The third-order valence-corrected chi connectivity index (χ3v) is 7.70. The lowest BCUT2D eigenvalue weighted by Crippen LogP contribution is -1.76. The Hall–Kier alpha value is -3.26. The molecule has 2 heteroatoms. The van der Waals surface area contributed by atoms with Crippen molar-refractivity contribution in [2.75, 3.05) is 0 Å². The van der Waals surface area contributed by atoms with Gasteiger partial charge in [-0.3, -0.25) is 0 Å². The summed E-state index contributed by atoms with van der Waals surface area (Å²) in [6, 6.07) is 17.4. The van der Waals surface area contributed by atoms with Crippen LogP contribution < -0.4 is 0 Å². The number of rotatable bonds is 14. The van der Waals surface area contributed by atoms with Crippen LogP contribution in [0.1, 0.15) is 102 Å². The van der Waals surface area contributed by atoms with E-state index >= 15 is 0 Å². The van der Waals surface area contributed by atoms with Crippen LogP contribution in [-0.4, -0.2) is 0 Å². The van der Waals surface area contributed by atoms with Crippen molar-refractivity contribution in [1.82, 2.24) is 0 Å². The summed E-state index contributed by atoms with van der Waals surface area (Å²) in [5.41, 5.74) is 5.89. The number of unbranched alkanes of at least 4 members (excludes halogenated alkanes) is 10. The summed E-state index contributed by atoms with van der Waals surface area (Å²) in [5, 5.41) is 4.51. The third-order valence-electron chi connectivity index (χ3n) is 7.70. The van der Waals surface area contributed by atoms with E-state index in [1.165, 1.54) is 75.3 Å². The summed E-state index contributed by atoms with van der Waals surface area (Å²) >= 11 is 0. The highest BCUT2D eigenvalue weighted by atomic mass is 16.4. The molecular formula is C36H42O2. The van der Waals surface area contributed by atoms with Gasteiger partial charge in [-0.2, -0.15) is 0 Å². The van der Waals surface area contributed by atoms with E-state index in [0.717, 1.165) is 56.7 Å². The van der Waals surface area contributed by atoms with E-state index in [-0.39, 0.29) is 0 Å². The van der Waals surface area contributed by atoms with Crippen LogP contribution in [-0.2, 0) is 0 Å². The van der Waals surface area contributed by atoms with Crippen molar-refractivity contribution in [3.63, 3.8) is 0 Å². The molecule has 2 heterocycles. The molecule has 0 aliphatic rings. The highest BCUT2D eigenvalue weighted by Gasteiger charge is 2.16. The van der Waals surface area contributed by atoms with E-state index < -0.39 is 0 Å². The van der Waals surface area contributed by atoms with E-state index in [4.69, 9.17) is 8.83 Å². The molecule has 2 nitrogen and oxygen atoms in total. The van der Waals surface area contributed by atoms with E-state index in [0.29, 0.717) is 0 Å². The van der Waals surface area contributed by atoms with Crippen LogP contribution in [0.15, 0.2) is 69.5 Å². The Morgan fingerprint density at radius 2 is 0.921 bits per heavy atom. The second-order valence-corrected chi connectivity index (χ2v) is 10.7. The Bertz CT molecular complexity index is 1420.